The Morgan fingerprint density at radius 3 is 2.58 bits per heavy atom. The molecule has 0 radical (unpaired) electrons. The second-order valence-corrected chi connectivity index (χ2v) is 7.71. The normalized spacial score (nSPS) is 11.1. The van der Waals surface area contributed by atoms with Crippen molar-refractivity contribution in [2.24, 2.45) is 0 Å². The zero-order valence-corrected chi connectivity index (χ0v) is 14.6. The molecule has 0 bridgehead atoms. The van der Waals surface area contributed by atoms with Gasteiger partial charge in [0.05, 0.1) is 18.0 Å². The van der Waals surface area contributed by atoms with Gasteiger partial charge in [0.1, 0.15) is 5.75 Å². The molecule has 128 valence electrons. The fourth-order valence-corrected chi connectivity index (χ4v) is 2.99. The van der Waals surface area contributed by atoms with Gasteiger partial charge in [-0.15, -0.1) is 0 Å². The van der Waals surface area contributed by atoms with Gasteiger partial charge >= 0.3 is 0 Å². The summed E-state index contributed by atoms with van der Waals surface area (Å²) in [4.78, 5) is 12.4. The quantitative estimate of drug-likeness (QED) is 0.834. The van der Waals surface area contributed by atoms with Crippen LogP contribution in [0.4, 0.5) is 5.69 Å². The highest BCUT2D eigenvalue weighted by Crippen LogP contribution is 2.24. The molecule has 0 aliphatic carbocycles. The molecule has 0 spiro atoms. The average molecular weight is 347 g/mol. The summed E-state index contributed by atoms with van der Waals surface area (Å²) in [7, 11) is -3.15. The van der Waals surface area contributed by atoms with Gasteiger partial charge in [-0.05, 0) is 36.2 Å². The zero-order valence-electron chi connectivity index (χ0n) is 13.8. The molecule has 2 aromatic rings. The molecule has 0 fully saturated rings. The summed E-state index contributed by atoms with van der Waals surface area (Å²) < 4.78 is 28.4. The number of nitrogens with one attached hydrogen (secondary N) is 1. The molecule has 0 heterocycles. The van der Waals surface area contributed by atoms with E-state index in [0.717, 1.165) is 6.42 Å². The molecule has 0 aliphatic rings. The highest BCUT2D eigenvalue weighted by molar-refractivity contribution is 7.89. The lowest BCUT2D eigenvalue weighted by Gasteiger charge is -2.12. The summed E-state index contributed by atoms with van der Waals surface area (Å²) in [6.07, 6.45) is 2.04. The Kier molecular flexibility index (Phi) is 5.98. The largest absolute Gasteiger partial charge is 0.491 e. The van der Waals surface area contributed by atoms with Crippen LogP contribution < -0.4 is 10.1 Å². The highest BCUT2D eigenvalue weighted by atomic mass is 32.2. The number of amides is 1. The summed E-state index contributed by atoms with van der Waals surface area (Å²) in [5, 5.41) is 2.81. The van der Waals surface area contributed by atoms with Gasteiger partial charge in [-0.3, -0.25) is 4.79 Å². The number of hydrogen-bond acceptors (Lipinski definition) is 4. The number of rotatable bonds is 7. The van der Waals surface area contributed by atoms with Gasteiger partial charge < -0.3 is 10.1 Å². The first-order valence-corrected chi connectivity index (χ1v) is 9.75. The average Bonchev–Trinajstić information content (AvgIpc) is 2.52. The van der Waals surface area contributed by atoms with Crippen LogP contribution in [-0.2, 0) is 15.6 Å². The van der Waals surface area contributed by atoms with Crippen LogP contribution in [0.15, 0.2) is 48.5 Å². The predicted octanol–water partition coefficient (Wildman–Crippen LogP) is 3.27. The second-order valence-electron chi connectivity index (χ2n) is 5.57. The van der Waals surface area contributed by atoms with Gasteiger partial charge in [-0.25, -0.2) is 8.42 Å². The topological polar surface area (TPSA) is 72.5 Å². The van der Waals surface area contributed by atoms with Crippen molar-refractivity contribution in [2.75, 3.05) is 18.2 Å². The molecule has 0 saturated carbocycles. The maximum atomic E-state index is 12.4. The standard InChI is InChI=1S/C18H21NO4S/c1-3-11-23-17-10-5-4-9-16(17)19-18(20)15-8-6-7-14(12-15)13-24(2,21)22/h4-10,12H,3,11,13H2,1-2H3,(H,19,20). The van der Waals surface area contributed by atoms with Crippen molar-refractivity contribution >= 4 is 21.4 Å². The fraction of sp³-hybridized carbons (Fsp3) is 0.278. The van der Waals surface area contributed by atoms with E-state index >= 15 is 0 Å². The smallest absolute Gasteiger partial charge is 0.255 e. The summed E-state index contributed by atoms with van der Waals surface area (Å²) >= 11 is 0. The number of carbonyl (C=O) groups excluding carboxylic acids is 1. The number of anilines is 1. The van der Waals surface area contributed by atoms with Crippen LogP contribution in [0.2, 0.25) is 0 Å². The van der Waals surface area contributed by atoms with Crippen LogP contribution in [-0.4, -0.2) is 27.2 Å². The SMILES string of the molecule is CCCOc1ccccc1NC(=O)c1cccc(CS(C)(=O)=O)c1. The van der Waals surface area contributed by atoms with Crippen LogP contribution in [0, 0.1) is 0 Å². The molecule has 0 aliphatic heterocycles. The molecule has 5 nitrogen and oxygen atoms in total. The Morgan fingerprint density at radius 2 is 1.88 bits per heavy atom. The number of ether oxygens (including phenoxy) is 1. The molecule has 6 heteroatoms. The Morgan fingerprint density at radius 1 is 1.12 bits per heavy atom. The third-order valence-corrected chi connectivity index (χ3v) is 4.07. The summed E-state index contributed by atoms with van der Waals surface area (Å²) in [5.74, 6) is 0.211. The molecule has 0 saturated heterocycles. The number of benzene rings is 2. The van der Waals surface area contributed by atoms with Gasteiger partial charge in [0.15, 0.2) is 9.84 Å². The fourth-order valence-electron chi connectivity index (χ4n) is 2.21. The van der Waals surface area contributed by atoms with E-state index in [-0.39, 0.29) is 11.7 Å². The van der Waals surface area contributed by atoms with Gasteiger partial charge in [-0.2, -0.15) is 0 Å². The molecule has 2 aromatic carbocycles. The molecule has 0 atom stereocenters. The molecule has 1 amide bonds. The highest BCUT2D eigenvalue weighted by Gasteiger charge is 2.12. The Bertz CT molecular complexity index is 815. The number of carbonyl (C=O) groups is 1. The molecule has 0 unspecified atom stereocenters. The molecule has 24 heavy (non-hydrogen) atoms. The van der Waals surface area contributed by atoms with Crippen molar-refractivity contribution in [1.29, 1.82) is 0 Å². The van der Waals surface area contributed by atoms with E-state index in [1.165, 1.54) is 6.26 Å². The van der Waals surface area contributed by atoms with E-state index in [1.807, 2.05) is 19.1 Å². The molecule has 1 N–H and O–H groups in total. The lowest BCUT2D eigenvalue weighted by molar-refractivity contribution is 0.102. The van der Waals surface area contributed by atoms with E-state index in [9.17, 15) is 13.2 Å². The van der Waals surface area contributed by atoms with Gasteiger partial charge in [0, 0.05) is 11.8 Å². The number of sulfone groups is 1. The van der Waals surface area contributed by atoms with Crippen LogP contribution >= 0.6 is 0 Å². The second kappa shape index (κ2) is 7.97. The first-order chi connectivity index (χ1) is 11.4. The van der Waals surface area contributed by atoms with Crippen LogP contribution in [0.25, 0.3) is 0 Å². The van der Waals surface area contributed by atoms with Crippen LogP contribution in [0.5, 0.6) is 5.75 Å². The number of para-hydroxylation sites is 2. The third-order valence-electron chi connectivity index (χ3n) is 3.21. The van der Waals surface area contributed by atoms with Crippen molar-refractivity contribution in [2.45, 2.75) is 19.1 Å². The molecule has 2 rings (SSSR count). The van der Waals surface area contributed by atoms with E-state index in [0.29, 0.717) is 29.2 Å². The van der Waals surface area contributed by atoms with Gasteiger partial charge in [0.25, 0.3) is 5.91 Å². The summed E-state index contributed by atoms with van der Waals surface area (Å²) in [6.45, 7) is 2.57. The zero-order chi connectivity index (χ0) is 17.6. The maximum absolute atomic E-state index is 12.4. The summed E-state index contributed by atoms with van der Waals surface area (Å²) in [5.41, 5.74) is 1.58. The van der Waals surface area contributed by atoms with Gasteiger partial charge in [0.2, 0.25) is 0 Å². The van der Waals surface area contributed by atoms with E-state index in [2.05, 4.69) is 5.32 Å². The van der Waals surface area contributed by atoms with Gasteiger partial charge in [-0.1, -0.05) is 31.2 Å². The van der Waals surface area contributed by atoms with Crippen LogP contribution in [0.3, 0.4) is 0 Å². The van der Waals surface area contributed by atoms with Crippen molar-refractivity contribution in [1.82, 2.24) is 0 Å². The summed E-state index contributed by atoms with van der Waals surface area (Å²) in [6, 6.07) is 13.8. The number of hydrogen-bond donors (Lipinski definition) is 1. The van der Waals surface area contributed by atoms with Crippen molar-refractivity contribution in [3.63, 3.8) is 0 Å². The third kappa shape index (κ3) is 5.38. The Hall–Kier alpha value is -2.34. The lowest BCUT2D eigenvalue weighted by Crippen LogP contribution is -2.13. The minimum atomic E-state index is -3.15. The predicted molar refractivity (Wildman–Crippen MR) is 95.2 cm³/mol. The molecular weight excluding hydrogens is 326 g/mol. The van der Waals surface area contributed by atoms with E-state index in [1.54, 1.807) is 36.4 Å². The Balaban J connectivity index is 2.17. The first-order valence-electron chi connectivity index (χ1n) is 7.69. The minimum absolute atomic E-state index is 0.0929. The lowest BCUT2D eigenvalue weighted by atomic mass is 10.1. The molecular formula is C18H21NO4S. The minimum Gasteiger partial charge on any atom is -0.491 e. The first kappa shape index (κ1) is 18.0. The maximum Gasteiger partial charge on any atom is 0.255 e. The van der Waals surface area contributed by atoms with Crippen LogP contribution in [0.1, 0.15) is 29.3 Å². The van der Waals surface area contributed by atoms with E-state index < -0.39 is 9.84 Å². The van der Waals surface area contributed by atoms with Crippen molar-refractivity contribution in [3.05, 3.63) is 59.7 Å². The Labute approximate surface area is 142 Å². The van der Waals surface area contributed by atoms with Crippen molar-refractivity contribution in [3.8, 4) is 5.75 Å². The monoisotopic (exact) mass is 347 g/mol. The molecule has 0 aromatic heterocycles. The van der Waals surface area contributed by atoms with Crippen molar-refractivity contribution < 1.29 is 17.9 Å². The van der Waals surface area contributed by atoms with E-state index in [4.69, 9.17) is 4.74 Å².